The first kappa shape index (κ1) is 13.8. The Morgan fingerprint density at radius 1 is 1.41 bits per heavy atom. The van der Waals surface area contributed by atoms with Gasteiger partial charge in [-0.3, -0.25) is 0 Å². The van der Waals surface area contributed by atoms with Gasteiger partial charge in [0.1, 0.15) is 11.1 Å². The van der Waals surface area contributed by atoms with Crippen LogP contribution >= 0.6 is 0 Å². The van der Waals surface area contributed by atoms with Crippen LogP contribution in [0.1, 0.15) is 47.5 Å². The van der Waals surface area contributed by atoms with Crippen molar-refractivity contribution >= 4 is 12.1 Å². The molecule has 5 nitrogen and oxygen atoms in total. The minimum absolute atomic E-state index is 0.379. The first-order valence-corrected chi connectivity index (χ1v) is 5.81. The Morgan fingerprint density at radius 3 is 2.24 bits per heavy atom. The number of carbonyl (C=O) groups is 2. The van der Waals surface area contributed by atoms with Crippen molar-refractivity contribution in [3.63, 3.8) is 0 Å². The average Bonchev–Trinajstić information content (AvgIpc) is 2.70. The molecule has 0 saturated heterocycles. The van der Waals surface area contributed by atoms with Crippen molar-refractivity contribution in [2.45, 2.75) is 58.6 Å². The summed E-state index contributed by atoms with van der Waals surface area (Å²) in [6, 6.07) is 0. The number of hydrogen-bond donors (Lipinski definition) is 2. The molecule has 1 rings (SSSR count). The third-order valence-electron chi connectivity index (χ3n) is 3.42. The molecule has 0 bridgehead atoms. The van der Waals surface area contributed by atoms with Gasteiger partial charge in [0.05, 0.1) is 0 Å². The van der Waals surface area contributed by atoms with Gasteiger partial charge >= 0.3 is 12.1 Å². The lowest BCUT2D eigenvalue weighted by Crippen LogP contribution is -2.48. The quantitative estimate of drug-likeness (QED) is 0.796. The highest BCUT2D eigenvalue weighted by atomic mass is 16.6. The number of carboxylic acid groups (broad SMARTS) is 1. The van der Waals surface area contributed by atoms with Gasteiger partial charge in [-0.1, -0.05) is 13.8 Å². The Bertz CT molecular complexity index is 347. The van der Waals surface area contributed by atoms with Crippen molar-refractivity contribution in [3.05, 3.63) is 0 Å². The highest BCUT2D eigenvalue weighted by Gasteiger charge is 2.70. The van der Waals surface area contributed by atoms with Gasteiger partial charge in [0.2, 0.25) is 0 Å². The molecule has 0 radical (unpaired) electrons. The number of alkyl carbamates (subject to hydrolysis) is 1. The summed E-state index contributed by atoms with van der Waals surface area (Å²) in [5.41, 5.74) is -2.17. The lowest BCUT2D eigenvalue weighted by molar-refractivity contribution is -0.141. The molecule has 0 aliphatic heterocycles. The number of hydrogen-bond acceptors (Lipinski definition) is 3. The summed E-state index contributed by atoms with van der Waals surface area (Å²) in [7, 11) is 0. The Kier molecular flexibility index (Phi) is 3.16. The molecule has 0 aromatic carbocycles. The van der Waals surface area contributed by atoms with Crippen LogP contribution in [-0.2, 0) is 9.53 Å². The van der Waals surface area contributed by atoms with Crippen LogP contribution in [0.4, 0.5) is 4.79 Å². The smallest absolute Gasteiger partial charge is 0.408 e. The zero-order valence-electron chi connectivity index (χ0n) is 11.1. The van der Waals surface area contributed by atoms with Gasteiger partial charge < -0.3 is 15.2 Å². The Labute approximate surface area is 102 Å². The third kappa shape index (κ3) is 2.53. The molecule has 0 unspecified atom stereocenters. The third-order valence-corrected chi connectivity index (χ3v) is 3.42. The van der Waals surface area contributed by atoms with Crippen molar-refractivity contribution < 1.29 is 19.4 Å². The Hall–Kier alpha value is -1.26. The van der Waals surface area contributed by atoms with Crippen LogP contribution in [0.2, 0.25) is 0 Å². The lowest BCUT2D eigenvalue weighted by Gasteiger charge is -2.24. The van der Waals surface area contributed by atoms with Crippen LogP contribution < -0.4 is 5.32 Å². The highest BCUT2D eigenvalue weighted by molar-refractivity contribution is 5.89. The van der Waals surface area contributed by atoms with Gasteiger partial charge in [0.25, 0.3) is 0 Å². The SMILES string of the molecule is CC[C@]1(C)C[C@]1(NC(=O)OC(C)(C)C)C(=O)O. The van der Waals surface area contributed by atoms with E-state index in [4.69, 9.17) is 4.74 Å². The molecule has 98 valence electrons. The fraction of sp³-hybridized carbons (Fsp3) is 0.833. The van der Waals surface area contributed by atoms with Crippen LogP contribution in [0.15, 0.2) is 0 Å². The number of carbonyl (C=O) groups excluding carboxylic acids is 1. The largest absolute Gasteiger partial charge is 0.479 e. The maximum absolute atomic E-state index is 11.6. The van der Waals surface area contributed by atoms with Gasteiger partial charge in [0, 0.05) is 5.41 Å². The zero-order chi connectivity index (χ0) is 13.5. The second-order valence-corrected chi connectivity index (χ2v) is 5.93. The Morgan fingerprint density at radius 2 is 1.94 bits per heavy atom. The molecule has 1 aliphatic carbocycles. The van der Waals surface area contributed by atoms with E-state index in [1.807, 2.05) is 13.8 Å². The van der Waals surface area contributed by atoms with Gasteiger partial charge in [-0.25, -0.2) is 9.59 Å². The van der Waals surface area contributed by atoms with Gasteiger partial charge in [0.15, 0.2) is 0 Å². The number of ether oxygens (including phenoxy) is 1. The monoisotopic (exact) mass is 243 g/mol. The first-order valence-electron chi connectivity index (χ1n) is 5.81. The van der Waals surface area contributed by atoms with Crippen molar-refractivity contribution in [1.82, 2.24) is 5.32 Å². The molecule has 1 saturated carbocycles. The second-order valence-electron chi connectivity index (χ2n) is 5.93. The van der Waals surface area contributed by atoms with Crippen molar-refractivity contribution in [3.8, 4) is 0 Å². The predicted octanol–water partition coefficient (Wildman–Crippen LogP) is 2.15. The maximum Gasteiger partial charge on any atom is 0.408 e. The number of carboxylic acids is 1. The summed E-state index contributed by atoms with van der Waals surface area (Å²) in [5, 5.41) is 11.8. The molecule has 0 aromatic rings. The van der Waals surface area contributed by atoms with E-state index in [-0.39, 0.29) is 5.41 Å². The standard InChI is InChI=1S/C12H21NO4/c1-6-11(5)7-12(11,8(14)15)13-9(16)17-10(2,3)4/h6-7H2,1-5H3,(H,13,16)(H,14,15)/t11-,12+/m1/s1. The van der Waals surface area contributed by atoms with E-state index in [0.29, 0.717) is 12.8 Å². The summed E-state index contributed by atoms with van der Waals surface area (Å²) < 4.78 is 5.09. The van der Waals surface area contributed by atoms with E-state index in [1.54, 1.807) is 20.8 Å². The van der Waals surface area contributed by atoms with E-state index in [9.17, 15) is 14.7 Å². The predicted molar refractivity (Wildman–Crippen MR) is 62.8 cm³/mol. The molecule has 1 fully saturated rings. The van der Waals surface area contributed by atoms with Crippen LogP contribution in [0.25, 0.3) is 0 Å². The zero-order valence-corrected chi connectivity index (χ0v) is 11.1. The molecule has 1 amide bonds. The van der Waals surface area contributed by atoms with E-state index in [1.165, 1.54) is 0 Å². The fourth-order valence-electron chi connectivity index (χ4n) is 2.03. The minimum atomic E-state index is -1.16. The average molecular weight is 243 g/mol. The number of rotatable bonds is 3. The highest BCUT2D eigenvalue weighted by Crippen LogP contribution is 2.58. The summed E-state index contributed by atoms with van der Waals surface area (Å²) in [4.78, 5) is 22.9. The summed E-state index contributed by atoms with van der Waals surface area (Å²) in [5.74, 6) is -0.993. The van der Waals surface area contributed by atoms with Crippen LogP contribution in [0, 0.1) is 5.41 Å². The van der Waals surface area contributed by atoms with E-state index < -0.39 is 23.2 Å². The van der Waals surface area contributed by atoms with Gasteiger partial charge in [-0.15, -0.1) is 0 Å². The van der Waals surface area contributed by atoms with Crippen molar-refractivity contribution in [2.75, 3.05) is 0 Å². The van der Waals surface area contributed by atoms with Crippen molar-refractivity contribution in [1.29, 1.82) is 0 Å². The lowest BCUT2D eigenvalue weighted by atomic mass is 9.99. The minimum Gasteiger partial charge on any atom is -0.479 e. The molecular weight excluding hydrogens is 222 g/mol. The normalized spacial score (nSPS) is 31.8. The molecule has 2 N–H and O–H groups in total. The number of aliphatic carboxylic acids is 1. The van der Waals surface area contributed by atoms with Gasteiger partial charge in [-0.05, 0) is 33.6 Å². The molecule has 0 spiro atoms. The maximum atomic E-state index is 11.6. The summed E-state index contributed by atoms with van der Waals surface area (Å²) in [6.07, 6.45) is 0.484. The molecule has 0 aromatic heterocycles. The molecule has 0 heterocycles. The summed E-state index contributed by atoms with van der Waals surface area (Å²) >= 11 is 0. The summed E-state index contributed by atoms with van der Waals surface area (Å²) in [6.45, 7) is 9.00. The van der Waals surface area contributed by atoms with Crippen LogP contribution in [0.5, 0.6) is 0 Å². The van der Waals surface area contributed by atoms with E-state index >= 15 is 0 Å². The second kappa shape index (κ2) is 3.89. The molecular formula is C12H21NO4. The van der Waals surface area contributed by atoms with E-state index in [2.05, 4.69) is 5.32 Å². The molecule has 1 aliphatic rings. The fourth-order valence-corrected chi connectivity index (χ4v) is 2.03. The molecule has 17 heavy (non-hydrogen) atoms. The van der Waals surface area contributed by atoms with Crippen LogP contribution in [-0.4, -0.2) is 28.3 Å². The Balaban J connectivity index is 2.73. The topological polar surface area (TPSA) is 75.6 Å². The first-order chi connectivity index (χ1) is 7.56. The number of nitrogens with one attached hydrogen (secondary N) is 1. The van der Waals surface area contributed by atoms with Gasteiger partial charge in [-0.2, -0.15) is 0 Å². The molecule has 2 atom stereocenters. The van der Waals surface area contributed by atoms with Crippen LogP contribution in [0.3, 0.4) is 0 Å². The number of amides is 1. The van der Waals surface area contributed by atoms with Crippen molar-refractivity contribution in [2.24, 2.45) is 5.41 Å². The molecule has 5 heteroatoms. The van der Waals surface area contributed by atoms with E-state index in [0.717, 1.165) is 0 Å².